The number of aliphatic hydroxyl groups is 1. The third-order valence-electron chi connectivity index (χ3n) is 4.16. The lowest BCUT2D eigenvalue weighted by molar-refractivity contribution is 0.0152. The molecule has 1 fully saturated rings. The zero-order valence-electron chi connectivity index (χ0n) is 13.4. The second-order valence-electron chi connectivity index (χ2n) is 5.89. The molecule has 3 rings (SSSR count). The van der Waals surface area contributed by atoms with Gasteiger partial charge in [0.1, 0.15) is 17.2 Å². The molecule has 1 aliphatic heterocycles. The Labute approximate surface area is 141 Å². The molecule has 2 heterocycles. The van der Waals surface area contributed by atoms with E-state index in [1.54, 1.807) is 13.0 Å². The zero-order chi connectivity index (χ0) is 16.4. The van der Waals surface area contributed by atoms with E-state index in [2.05, 4.69) is 21.8 Å². The van der Waals surface area contributed by atoms with Crippen LogP contribution in [0.2, 0.25) is 5.15 Å². The molecule has 23 heavy (non-hydrogen) atoms. The van der Waals surface area contributed by atoms with Gasteiger partial charge in [0.05, 0.1) is 0 Å². The Morgan fingerprint density at radius 2 is 1.74 bits per heavy atom. The molecule has 122 valence electrons. The number of benzene rings is 1. The molecule has 0 amide bonds. The summed E-state index contributed by atoms with van der Waals surface area (Å²) in [5.74, 6) is 1.48. The molecule has 1 unspecified atom stereocenters. The van der Waals surface area contributed by atoms with Crippen molar-refractivity contribution in [3.63, 3.8) is 0 Å². The molecule has 1 aromatic carbocycles. The SMILES string of the molecule is Cc1ccc(-c2nc(Cl)cc(N3CCN(C(C)O)CC3)n2)cc1. The first kappa shape index (κ1) is 16.2. The van der Waals surface area contributed by atoms with Gasteiger partial charge >= 0.3 is 0 Å². The largest absolute Gasteiger partial charge is 0.379 e. The quantitative estimate of drug-likeness (QED) is 0.875. The average molecular weight is 333 g/mol. The minimum atomic E-state index is -0.408. The lowest BCUT2D eigenvalue weighted by Crippen LogP contribution is -2.49. The van der Waals surface area contributed by atoms with Crippen LogP contribution in [-0.4, -0.2) is 52.4 Å². The smallest absolute Gasteiger partial charge is 0.163 e. The molecular formula is C17H21ClN4O. The van der Waals surface area contributed by atoms with Crippen LogP contribution in [-0.2, 0) is 0 Å². The third-order valence-corrected chi connectivity index (χ3v) is 4.35. The van der Waals surface area contributed by atoms with Crippen molar-refractivity contribution >= 4 is 17.4 Å². The summed E-state index contributed by atoms with van der Waals surface area (Å²) in [4.78, 5) is 13.3. The standard InChI is InChI=1S/C17H21ClN4O/c1-12-3-5-14(6-4-12)17-19-15(18)11-16(20-17)22-9-7-21(8-10-22)13(2)23/h3-6,11,13,23H,7-10H2,1-2H3. The van der Waals surface area contributed by atoms with E-state index in [1.807, 2.05) is 29.2 Å². The van der Waals surface area contributed by atoms with Crippen LogP contribution >= 0.6 is 11.6 Å². The van der Waals surface area contributed by atoms with E-state index in [0.717, 1.165) is 37.6 Å². The van der Waals surface area contributed by atoms with Gasteiger partial charge in [0.15, 0.2) is 5.82 Å². The molecule has 0 radical (unpaired) electrons. The molecule has 0 spiro atoms. The Kier molecular flexibility index (Phi) is 4.80. The topological polar surface area (TPSA) is 52.5 Å². The number of anilines is 1. The molecule has 6 heteroatoms. The minimum absolute atomic E-state index is 0.408. The van der Waals surface area contributed by atoms with Crippen LogP contribution in [0.5, 0.6) is 0 Å². The van der Waals surface area contributed by atoms with Crippen LogP contribution in [0.3, 0.4) is 0 Å². The molecule has 2 aromatic rings. The number of nitrogens with zero attached hydrogens (tertiary/aromatic N) is 4. The molecule has 1 saturated heterocycles. The average Bonchev–Trinajstić information content (AvgIpc) is 2.55. The summed E-state index contributed by atoms with van der Waals surface area (Å²) in [6.07, 6.45) is -0.408. The van der Waals surface area contributed by atoms with E-state index in [-0.39, 0.29) is 0 Å². The van der Waals surface area contributed by atoms with Gasteiger partial charge in [0.25, 0.3) is 0 Å². The van der Waals surface area contributed by atoms with Crippen molar-refractivity contribution < 1.29 is 5.11 Å². The summed E-state index contributed by atoms with van der Waals surface area (Å²) in [6.45, 7) is 7.08. The number of aryl methyl sites for hydroxylation is 1. The zero-order valence-corrected chi connectivity index (χ0v) is 14.2. The predicted octanol–water partition coefficient (Wildman–Crippen LogP) is 2.57. The third kappa shape index (κ3) is 3.80. The van der Waals surface area contributed by atoms with Gasteiger partial charge in [-0.3, -0.25) is 4.90 Å². The Bertz CT molecular complexity index is 667. The Hall–Kier alpha value is -1.69. The van der Waals surface area contributed by atoms with E-state index < -0.39 is 6.23 Å². The molecule has 0 aliphatic carbocycles. The molecule has 1 atom stereocenters. The summed E-state index contributed by atoms with van der Waals surface area (Å²) >= 11 is 6.20. The van der Waals surface area contributed by atoms with Gasteiger partial charge in [-0.1, -0.05) is 41.4 Å². The van der Waals surface area contributed by atoms with Crippen molar-refractivity contribution in [2.75, 3.05) is 31.1 Å². The first-order valence-corrected chi connectivity index (χ1v) is 8.19. The second-order valence-corrected chi connectivity index (χ2v) is 6.28. The van der Waals surface area contributed by atoms with Crippen LogP contribution in [0.15, 0.2) is 30.3 Å². The highest BCUT2D eigenvalue weighted by atomic mass is 35.5. The van der Waals surface area contributed by atoms with Crippen molar-refractivity contribution in [1.82, 2.24) is 14.9 Å². The molecule has 1 N–H and O–H groups in total. The van der Waals surface area contributed by atoms with Gasteiger partial charge in [-0.2, -0.15) is 0 Å². The fourth-order valence-corrected chi connectivity index (χ4v) is 2.90. The molecule has 0 saturated carbocycles. The van der Waals surface area contributed by atoms with E-state index in [0.29, 0.717) is 11.0 Å². The number of aromatic nitrogens is 2. The van der Waals surface area contributed by atoms with Crippen LogP contribution < -0.4 is 4.90 Å². The summed E-state index contributed by atoms with van der Waals surface area (Å²) < 4.78 is 0. The Morgan fingerprint density at radius 3 is 2.35 bits per heavy atom. The summed E-state index contributed by atoms with van der Waals surface area (Å²) in [7, 11) is 0. The first-order valence-electron chi connectivity index (χ1n) is 7.81. The normalized spacial score (nSPS) is 17.3. The molecule has 1 aromatic heterocycles. The molecular weight excluding hydrogens is 312 g/mol. The fraction of sp³-hybridized carbons (Fsp3) is 0.412. The second kappa shape index (κ2) is 6.83. The van der Waals surface area contributed by atoms with E-state index in [1.165, 1.54) is 5.56 Å². The lowest BCUT2D eigenvalue weighted by Gasteiger charge is -2.36. The van der Waals surface area contributed by atoms with Crippen molar-refractivity contribution in [1.29, 1.82) is 0 Å². The van der Waals surface area contributed by atoms with Gasteiger partial charge in [0, 0.05) is 37.8 Å². The van der Waals surface area contributed by atoms with E-state index >= 15 is 0 Å². The van der Waals surface area contributed by atoms with Gasteiger partial charge in [-0.25, -0.2) is 9.97 Å². The van der Waals surface area contributed by atoms with Gasteiger partial charge < -0.3 is 10.0 Å². The van der Waals surface area contributed by atoms with E-state index in [9.17, 15) is 5.11 Å². The molecule has 1 aliphatic rings. The van der Waals surface area contributed by atoms with Crippen molar-refractivity contribution in [2.45, 2.75) is 20.1 Å². The van der Waals surface area contributed by atoms with Crippen LogP contribution in [0.4, 0.5) is 5.82 Å². The van der Waals surface area contributed by atoms with Crippen LogP contribution in [0.1, 0.15) is 12.5 Å². The van der Waals surface area contributed by atoms with E-state index in [4.69, 9.17) is 11.6 Å². The number of hydrogen-bond donors (Lipinski definition) is 1. The number of rotatable bonds is 3. The number of halogens is 1. The Morgan fingerprint density at radius 1 is 1.09 bits per heavy atom. The predicted molar refractivity (Wildman–Crippen MR) is 92.7 cm³/mol. The molecule has 0 bridgehead atoms. The highest BCUT2D eigenvalue weighted by Crippen LogP contribution is 2.23. The van der Waals surface area contributed by atoms with Gasteiger partial charge in [-0.05, 0) is 13.8 Å². The van der Waals surface area contributed by atoms with Crippen molar-refractivity contribution in [3.05, 3.63) is 41.0 Å². The highest BCUT2D eigenvalue weighted by Gasteiger charge is 2.21. The van der Waals surface area contributed by atoms with Crippen molar-refractivity contribution in [2.24, 2.45) is 0 Å². The maximum absolute atomic E-state index is 9.65. The summed E-state index contributed by atoms with van der Waals surface area (Å²) in [5.41, 5.74) is 2.16. The number of aliphatic hydroxyl groups excluding tert-OH is 1. The van der Waals surface area contributed by atoms with Crippen LogP contribution in [0, 0.1) is 6.92 Å². The van der Waals surface area contributed by atoms with Crippen molar-refractivity contribution in [3.8, 4) is 11.4 Å². The fourth-order valence-electron chi connectivity index (χ4n) is 2.72. The van der Waals surface area contributed by atoms with Gasteiger partial charge in [0.2, 0.25) is 0 Å². The minimum Gasteiger partial charge on any atom is -0.379 e. The number of piperazine rings is 1. The lowest BCUT2D eigenvalue weighted by atomic mass is 10.1. The van der Waals surface area contributed by atoms with Gasteiger partial charge in [-0.15, -0.1) is 0 Å². The molecule has 5 nitrogen and oxygen atoms in total. The highest BCUT2D eigenvalue weighted by molar-refractivity contribution is 6.29. The van der Waals surface area contributed by atoms with Crippen LogP contribution in [0.25, 0.3) is 11.4 Å². The monoisotopic (exact) mass is 332 g/mol. The first-order chi connectivity index (χ1) is 11.0. The summed E-state index contributed by atoms with van der Waals surface area (Å²) in [5, 5.41) is 10.1. The maximum Gasteiger partial charge on any atom is 0.163 e. The maximum atomic E-state index is 9.65. The number of hydrogen-bond acceptors (Lipinski definition) is 5. The Balaban J connectivity index is 1.82. The summed E-state index contributed by atoms with van der Waals surface area (Å²) in [6, 6.07) is 9.91.